The molecule has 0 amide bonds. The second-order valence-corrected chi connectivity index (χ2v) is 4.97. The van der Waals surface area contributed by atoms with Crippen LogP contribution in [0.1, 0.15) is 18.1 Å². The number of para-hydroxylation sites is 2. The molecule has 2 aromatic carbocycles. The Bertz CT molecular complexity index is 540. The summed E-state index contributed by atoms with van der Waals surface area (Å²) in [6, 6.07) is 13.9. The summed E-state index contributed by atoms with van der Waals surface area (Å²) in [5.74, 6) is 0.305. The first-order chi connectivity index (χ1) is 8.72. The molecule has 0 spiro atoms. The lowest BCUT2D eigenvalue weighted by atomic mass is 10.1. The highest BCUT2D eigenvalue weighted by atomic mass is 79.9. The number of hydrogen-bond acceptors (Lipinski definition) is 2. The van der Waals surface area contributed by atoms with Gasteiger partial charge in [0.2, 0.25) is 0 Å². The van der Waals surface area contributed by atoms with Crippen molar-refractivity contribution in [3.8, 4) is 5.75 Å². The van der Waals surface area contributed by atoms with Crippen LogP contribution < -0.4 is 5.32 Å². The molecule has 0 radical (unpaired) electrons. The standard InChI is InChI=1S/C15H16BrNO/c1-2-11-6-3-4-9-14(11)17-10-12-7-5-8-13(16)15(12)18/h3-9,17-18H,2,10H2,1H3. The topological polar surface area (TPSA) is 32.3 Å². The van der Waals surface area contributed by atoms with Crippen molar-refractivity contribution in [3.05, 3.63) is 58.1 Å². The normalized spacial score (nSPS) is 10.3. The lowest BCUT2D eigenvalue weighted by molar-refractivity contribution is 0.465. The van der Waals surface area contributed by atoms with Crippen LogP contribution in [0.15, 0.2) is 46.9 Å². The van der Waals surface area contributed by atoms with E-state index >= 15 is 0 Å². The molecule has 0 heterocycles. The maximum atomic E-state index is 9.92. The molecular formula is C15H16BrNO. The van der Waals surface area contributed by atoms with Gasteiger partial charge in [0.15, 0.2) is 0 Å². The lowest BCUT2D eigenvalue weighted by Crippen LogP contribution is -2.02. The summed E-state index contributed by atoms with van der Waals surface area (Å²) in [4.78, 5) is 0. The average Bonchev–Trinajstić information content (AvgIpc) is 2.41. The zero-order valence-corrected chi connectivity index (χ0v) is 11.9. The Hall–Kier alpha value is -1.48. The Morgan fingerprint density at radius 2 is 1.78 bits per heavy atom. The van der Waals surface area contributed by atoms with Crippen LogP contribution in [0, 0.1) is 0 Å². The Balaban J connectivity index is 2.14. The molecule has 0 aliphatic carbocycles. The van der Waals surface area contributed by atoms with Crippen molar-refractivity contribution in [1.29, 1.82) is 0 Å². The van der Waals surface area contributed by atoms with Gasteiger partial charge in [-0.25, -0.2) is 0 Å². The molecule has 2 nitrogen and oxygen atoms in total. The van der Waals surface area contributed by atoms with Gasteiger partial charge < -0.3 is 10.4 Å². The predicted octanol–water partition coefficient (Wildman–Crippen LogP) is 4.33. The van der Waals surface area contributed by atoms with Crippen molar-refractivity contribution in [2.75, 3.05) is 5.32 Å². The third-order valence-corrected chi connectivity index (χ3v) is 3.58. The number of hydrogen-bond donors (Lipinski definition) is 2. The first-order valence-electron chi connectivity index (χ1n) is 6.00. The number of rotatable bonds is 4. The van der Waals surface area contributed by atoms with Crippen LogP contribution >= 0.6 is 15.9 Å². The van der Waals surface area contributed by atoms with Crippen LogP contribution in [0.25, 0.3) is 0 Å². The zero-order valence-electron chi connectivity index (χ0n) is 10.3. The summed E-state index contributed by atoms with van der Waals surface area (Å²) in [5.41, 5.74) is 3.29. The first-order valence-corrected chi connectivity index (χ1v) is 6.79. The zero-order chi connectivity index (χ0) is 13.0. The van der Waals surface area contributed by atoms with E-state index in [2.05, 4.69) is 40.3 Å². The summed E-state index contributed by atoms with van der Waals surface area (Å²) in [7, 11) is 0. The smallest absolute Gasteiger partial charge is 0.134 e. The minimum absolute atomic E-state index is 0.305. The van der Waals surface area contributed by atoms with E-state index in [1.54, 1.807) is 0 Å². The van der Waals surface area contributed by atoms with Crippen molar-refractivity contribution >= 4 is 21.6 Å². The van der Waals surface area contributed by atoms with E-state index in [-0.39, 0.29) is 0 Å². The van der Waals surface area contributed by atoms with Crippen molar-refractivity contribution in [1.82, 2.24) is 0 Å². The van der Waals surface area contributed by atoms with E-state index in [4.69, 9.17) is 0 Å². The molecule has 0 aliphatic heterocycles. The van der Waals surface area contributed by atoms with Gasteiger partial charge in [-0.15, -0.1) is 0 Å². The molecule has 0 atom stereocenters. The molecule has 0 unspecified atom stereocenters. The molecule has 18 heavy (non-hydrogen) atoms. The highest BCUT2D eigenvalue weighted by molar-refractivity contribution is 9.10. The van der Waals surface area contributed by atoms with Gasteiger partial charge in [0.05, 0.1) is 4.47 Å². The van der Waals surface area contributed by atoms with Crippen LogP contribution in [0.4, 0.5) is 5.69 Å². The predicted molar refractivity (Wildman–Crippen MR) is 79.0 cm³/mol. The number of aromatic hydroxyl groups is 1. The van der Waals surface area contributed by atoms with E-state index in [1.165, 1.54) is 5.56 Å². The van der Waals surface area contributed by atoms with Gasteiger partial charge in [-0.05, 0) is 40.0 Å². The lowest BCUT2D eigenvalue weighted by Gasteiger charge is -2.12. The monoisotopic (exact) mass is 305 g/mol. The van der Waals surface area contributed by atoms with Crippen LogP contribution in [-0.4, -0.2) is 5.11 Å². The minimum atomic E-state index is 0.305. The number of halogens is 1. The summed E-state index contributed by atoms with van der Waals surface area (Å²) < 4.78 is 0.727. The molecular weight excluding hydrogens is 290 g/mol. The molecule has 0 saturated heterocycles. The fourth-order valence-electron chi connectivity index (χ4n) is 1.89. The summed E-state index contributed by atoms with van der Waals surface area (Å²) in [5, 5.41) is 13.3. The van der Waals surface area contributed by atoms with Gasteiger partial charge in [0, 0.05) is 17.8 Å². The van der Waals surface area contributed by atoms with E-state index in [0.29, 0.717) is 12.3 Å². The van der Waals surface area contributed by atoms with Gasteiger partial charge in [0.1, 0.15) is 5.75 Å². The van der Waals surface area contributed by atoms with E-state index in [1.807, 2.05) is 30.3 Å². The number of anilines is 1. The molecule has 0 aliphatic rings. The third-order valence-electron chi connectivity index (χ3n) is 2.94. The number of phenolic OH excluding ortho intramolecular Hbond substituents is 1. The molecule has 0 bridgehead atoms. The van der Waals surface area contributed by atoms with E-state index < -0.39 is 0 Å². The summed E-state index contributed by atoms with van der Waals surface area (Å²) >= 11 is 3.32. The maximum Gasteiger partial charge on any atom is 0.134 e. The maximum absolute atomic E-state index is 9.92. The highest BCUT2D eigenvalue weighted by Gasteiger charge is 2.05. The van der Waals surface area contributed by atoms with Crippen molar-refractivity contribution in [3.63, 3.8) is 0 Å². The molecule has 2 N–H and O–H groups in total. The second kappa shape index (κ2) is 5.91. The van der Waals surface area contributed by atoms with Crippen molar-refractivity contribution in [2.45, 2.75) is 19.9 Å². The van der Waals surface area contributed by atoms with E-state index in [9.17, 15) is 5.11 Å². The molecule has 3 heteroatoms. The first kappa shape index (κ1) is 13.0. The van der Waals surface area contributed by atoms with Crippen molar-refractivity contribution < 1.29 is 5.11 Å². The Labute approximate surface area is 116 Å². The largest absolute Gasteiger partial charge is 0.506 e. The quantitative estimate of drug-likeness (QED) is 0.881. The van der Waals surface area contributed by atoms with Gasteiger partial charge >= 0.3 is 0 Å². The fourth-order valence-corrected chi connectivity index (χ4v) is 2.30. The SMILES string of the molecule is CCc1ccccc1NCc1cccc(Br)c1O. The van der Waals surface area contributed by atoms with Crippen LogP contribution in [0.5, 0.6) is 5.75 Å². The number of benzene rings is 2. The fraction of sp³-hybridized carbons (Fsp3) is 0.200. The molecule has 0 fully saturated rings. The van der Waals surface area contributed by atoms with E-state index in [0.717, 1.165) is 22.1 Å². The summed E-state index contributed by atoms with van der Waals surface area (Å²) in [6.45, 7) is 2.75. The third kappa shape index (κ3) is 2.85. The van der Waals surface area contributed by atoms with Gasteiger partial charge in [-0.2, -0.15) is 0 Å². The Kier molecular flexibility index (Phi) is 4.26. The molecule has 2 aromatic rings. The molecule has 0 aromatic heterocycles. The number of aryl methyl sites for hydroxylation is 1. The number of phenols is 1. The summed E-state index contributed by atoms with van der Waals surface area (Å²) in [6.07, 6.45) is 0.994. The van der Waals surface area contributed by atoms with Crippen LogP contribution in [0.3, 0.4) is 0 Å². The Morgan fingerprint density at radius 1 is 1.06 bits per heavy atom. The average molecular weight is 306 g/mol. The van der Waals surface area contributed by atoms with Gasteiger partial charge in [-0.3, -0.25) is 0 Å². The molecule has 94 valence electrons. The highest BCUT2D eigenvalue weighted by Crippen LogP contribution is 2.28. The number of nitrogens with one attached hydrogen (secondary N) is 1. The van der Waals surface area contributed by atoms with Crippen LogP contribution in [0.2, 0.25) is 0 Å². The minimum Gasteiger partial charge on any atom is -0.506 e. The molecule has 2 rings (SSSR count). The van der Waals surface area contributed by atoms with Crippen LogP contribution in [-0.2, 0) is 13.0 Å². The van der Waals surface area contributed by atoms with Gasteiger partial charge in [-0.1, -0.05) is 37.3 Å². The van der Waals surface area contributed by atoms with Crippen molar-refractivity contribution in [2.24, 2.45) is 0 Å². The Morgan fingerprint density at radius 3 is 2.56 bits per heavy atom. The second-order valence-electron chi connectivity index (χ2n) is 4.11. The van der Waals surface area contributed by atoms with Gasteiger partial charge in [0.25, 0.3) is 0 Å². The molecule has 0 saturated carbocycles.